The molecule has 0 bridgehead atoms. The number of anilines is 1. The molecule has 124 valence electrons. The van der Waals surface area contributed by atoms with E-state index in [2.05, 4.69) is 21.3 Å². The van der Waals surface area contributed by atoms with Crippen LogP contribution in [-0.2, 0) is 16.4 Å². The summed E-state index contributed by atoms with van der Waals surface area (Å²) in [7, 11) is -2.93. The summed E-state index contributed by atoms with van der Waals surface area (Å²) < 4.78 is 23.3. The smallest absolute Gasteiger partial charge is 0.151 e. The number of nitrogens with one attached hydrogen (secondary N) is 1. The van der Waals surface area contributed by atoms with Crippen LogP contribution in [0.2, 0.25) is 0 Å². The molecule has 0 aromatic carbocycles. The van der Waals surface area contributed by atoms with Gasteiger partial charge in [0.05, 0.1) is 5.75 Å². The summed E-state index contributed by atoms with van der Waals surface area (Å²) >= 11 is 0. The maximum atomic E-state index is 11.6. The van der Waals surface area contributed by atoms with E-state index >= 15 is 0 Å². The lowest BCUT2D eigenvalue weighted by Crippen LogP contribution is -2.33. The molecule has 0 saturated carbocycles. The number of piperidine rings is 1. The highest BCUT2D eigenvalue weighted by atomic mass is 32.2. The maximum Gasteiger partial charge on any atom is 0.151 e. The summed E-state index contributed by atoms with van der Waals surface area (Å²) in [5.74, 6) is 1.42. The van der Waals surface area contributed by atoms with Gasteiger partial charge in [0, 0.05) is 37.6 Å². The zero-order chi connectivity index (χ0) is 16.0. The highest BCUT2D eigenvalue weighted by Crippen LogP contribution is 2.18. The lowest BCUT2D eigenvalue weighted by atomic mass is 10.1. The Kier molecular flexibility index (Phi) is 6.20. The van der Waals surface area contributed by atoms with Crippen LogP contribution in [0.4, 0.5) is 5.82 Å². The van der Waals surface area contributed by atoms with E-state index in [1.807, 2.05) is 19.2 Å². The Morgan fingerprint density at radius 2 is 2.05 bits per heavy atom. The maximum absolute atomic E-state index is 11.6. The SMILES string of the molecule is CCS(=O)(=O)CC(C)NCc1ccnc(N2CCCCC2)c1. The minimum Gasteiger partial charge on any atom is -0.357 e. The second-order valence-electron chi connectivity index (χ2n) is 6.05. The lowest BCUT2D eigenvalue weighted by molar-refractivity contribution is 0.556. The minimum absolute atomic E-state index is 0.0449. The number of hydrogen-bond acceptors (Lipinski definition) is 5. The molecule has 1 fully saturated rings. The molecular formula is C16H27N3O2S. The quantitative estimate of drug-likeness (QED) is 0.830. The van der Waals surface area contributed by atoms with Crippen molar-refractivity contribution >= 4 is 15.7 Å². The van der Waals surface area contributed by atoms with Crippen LogP contribution in [0.15, 0.2) is 18.3 Å². The third kappa shape index (κ3) is 5.25. The van der Waals surface area contributed by atoms with E-state index < -0.39 is 9.84 Å². The second kappa shape index (κ2) is 7.92. The van der Waals surface area contributed by atoms with Crippen LogP contribution in [0, 0.1) is 0 Å². The van der Waals surface area contributed by atoms with Gasteiger partial charge in [-0.1, -0.05) is 6.92 Å². The van der Waals surface area contributed by atoms with Crippen LogP contribution in [0.1, 0.15) is 38.7 Å². The van der Waals surface area contributed by atoms with Crippen LogP contribution in [0.5, 0.6) is 0 Å². The van der Waals surface area contributed by atoms with Gasteiger partial charge < -0.3 is 10.2 Å². The number of hydrogen-bond donors (Lipinski definition) is 1. The number of pyridine rings is 1. The van der Waals surface area contributed by atoms with Gasteiger partial charge in [0.15, 0.2) is 9.84 Å². The highest BCUT2D eigenvalue weighted by Gasteiger charge is 2.14. The average molecular weight is 325 g/mol. The number of nitrogens with zero attached hydrogens (tertiary/aromatic N) is 2. The van der Waals surface area contributed by atoms with Crippen molar-refractivity contribution < 1.29 is 8.42 Å². The van der Waals surface area contributed by atoms with Gasteiger partial charge in [-0.15, -0.1) is 0 Å². The molecule has 2 rings (SSSR count). The Morgan fingerprint density at radius 3 is 2.73 bits per heavy atom. The largest absolute Gasteiger partial charge is 0.357 e. The fourth-order valence-electron chi connectivity index (χ4n) is 2.72. The lowest BCUT2D eigenvalue weighted by Gasteiger charge is -2.28. The van der Waals surface area contributed by atoms with E-state index in [9.17, 15) is 8.42 Å². The van der Waals surface area contributed by atoms with Gasteiger partial charge in [0.2, 0.25) is 0 Å². The van der Waals surface area contributed by atoms with Gasteiger partial charge >= 0.3 is 0 Å². The second-order valence-corrected chi connectivity index (χ2v) is 8.45. The molecule has 1 aromatic heterocycles. The first kappa shape index (κ1) is 17.2. The van der Waals surface area contributed by atoms with Crippen LogP contribution in [-0.4, -0.2) is 44.0 Å². The molecule has 1 N–H and O–H groups in total. The molecular weight excluding hydrogens is 298 g/mol. The van der Waals surface area contributed by atoms with E-state index in [0.717, 1.165) is 24.5 Å². The molecule has 0 aliphatic carbocycles. The van der Waals surface area contributed by atoms with Crippen LogP contribution < -0.4 is 10.2 Å². The first-order valence-electron chi connectivity index (χ1n) is 8.14. The van der Waals surface area contributed by atoms with Gasteiger partial charge in [0.1, 0.15) is 5.82 Å². The van der Waals surface area contributed by atoms with Crippen LogP contribution in [0.25, 0.3) is 0 Å². The van der Waals surface area contributed by atoms with Crippen molar-refractivity contribution in [2.45, 2.75) is 45.7 Å². The molecule has 0 spiro atoms. The Morgan fingerprint density at radius 1 is 1.32 bits per heavy atom. The number of sulfone groups is 1. The van der Waals surface area contributed by atoms with E-state index in [-0.39, 0.29) is 17.5 Å². The summed E-state index contributed by atoms with van der Waals surface area (Å²) in [6.07, 6.45) is 5.61. The summed E-state index contributed by atoms with van der Waals surface area (Å²) in [6, 6.07) is 4.05. The van der Waals surface area contributed by atoms with E-state index in [1.165, 1.54) is 19.3 Å². The Hall–Kier alpha value is -1.14. The molecule has 6 heteroatoms. The van der Waals surface area contributed by atoms with E-state index in [4.69, 9.17) is 0 Å². The van der Waals surface area contributed by atoms with Crippen molar-refractivity contribution in [2.75, 3.05) is 29.5 Å². The molecule has 0 amide bonds. The third-order valence-corrected chi connectivity index (χ3v) is 5.98. The summed E-state index contributed by atoms with van der Waals surface area (Å²) in [5.41, 5.74) is 1.15. The normalized spacial score (nSPS) is 17.5. The van der Waals surface area contributed by atoms with Crippen molar-refractivity contribution in [3.8, 4) is 0 Å². The summed E-state index contributed by atoms with van der Waals surface area (Å²) in [5, 5.41) is 3.29. The third-order valence-electron chi connectivity index (χ3n) is 4.09. The number of aromatic nitrogens is 1. The zero-order valence-corrected chi connectivity index (χ0v) is 14.4. The average Bonchev–Trinajstić information content (AvgIpc) is 2.54. The molecule has 22 heavy (non-hydrogen) atoms. The number of rotatable bonds is 7. The summed E-state index contributed by atoms with van der Waals surface area (Å²) in [4.78, 5) is 6.80. The Labute approximate surface area is 134 Å². The molecule has 1 aromatic rings. The monoisotopic (exact) mass is 325 g/mol. The van der Waals surface area contributed by atoms with Crippen molar-refractivity contribution in [2.24, 2.45) is 0 Å². The standard InChI is InChI=1S/C16H27N3O2S/c1-3-22(20,21)13-14(2)18-12-15-7-8-17-16(11-15)19-9-5-4-6-10-19/h7-8,11,14,18H,3-6,9-10,12-13H2,1-2H3. The molecule has 5 nitrogen and oxygen atoms in total. The van der Waals surface area contributed by atoms with Crippen LogP contribution >= 0.6 is 0 Å². The highest BCUT2D eigenvalue weighted by molar-refractivity contribution is 7.91. The zero-order valence-electron chi connectivity index (χ0n) is 13.6. The minimum atomic E-state index is -2.93. The first-order chi connectivity index (χ1) is 10.5. The molecule has 1 saturated heterocycles. The van der Waals surface area contributed by atoms with Gasteiger partial charge in [-0.25, -0.2) is 13.4 Å². The van der Waals surface area contributed by atoms with Gasteiger partial charge in [0.25, 0.3) is 0 Å². The van der Waals surface area contributed by atoms with Crippen LogP contribution in [0.3, 0.4) is 0 Å². The molecule has 1 atom stereocenters. The molecule has 0 radical (unpaired) electrons. The molecule has 1 aliphatic heterocycles. The van der Waals surface area contributed by atoms with Crippen molar-refractivity contribution in [1.82, 2.24) is 10.3 Å². The van der Waals surface area contributed by atoms with Gasteiger partial charge in [-0.3, -0.25) is 0 Å². The van der Waals surface area contributed by atoms with E-state index in [1.54, 1.807) is 6.92 Å². The molecule has 1 unspecified atom stereocenters. The fourth-order valence-corrected chi connectivity index (χ4v) is 3.83. The van der Waals surface area contributed by atoms with Crippen molar-refractivity contribution in [3.63, 3.8) is 0 Å². The van der Waals surface area contributed by atoms with Gasteiger partial charge in [-0.2, -0.15) is 0 Å². The van der Waals surface area contributed by atoms with Crippen molar-refractivity contribution in [1.29, 1.82) is 0 Å². The Balaban J connectivity index is 1.90. The fraction of sp³-hybridized carbons (Fsp3) is 0.688. The molecule has 2 heterocycles. The van der Waals surface area contributed by atoms with Gasteiger partial charge in [-0.05, 0) is 43.9 Å². The topological polar surface area (TPSA) is 62.3 Å². The predicted molar refractivity (Wildman–Crippen MR) is 90.9 cm³/mol. The summed E-state index contributed by atoms with van der Waals surface area (Å²) in [6.45, 7) is 6.43. The predicted octanol–water partition coefficient (Wildman–Crippen LogP) is 1.98. The first-order valence-corrected chi connectivity index (χ1v) is 9.96. The van der Waals surface area contributed by atoms with Crippen molar-refractivity contribution in [3.05, 3.63) is 23.9 Å². The van der Waals surface area contributed by atoms with E-state index in [0.29, 0.717) is 6.54 Å². The Bertz CT molecular complexity index is 569. The molecule has 1 aliphatic rings.